The third-order valence-electron chi connectivity index (χ3n) is 5.74. The maximum atomic E-state index is 13.0. The Morgan fingerprint density at radius 1 is 0.906 bits per heavy atom. The van der Waals surface area contributed by atoms with Gasteiger partial charge in [-0.2, -0.15) is 0 Å². The average Bonchev–Trinajstić information content (AvgIpc) is 3.10. The molecule has 1 heterocycles. The van der Waals surface area contributed by atoms with E-state index in [4.69, 9.17) is 15.2 Å². The van der Waals surface area contributed by atoms with Crippen LogP contribution in [0.4, 0.5) is 5.69 Å². The van der Waals surface area contributed by atoms with Crippen LogP contribution in [0.5, 0.6) is 11.5 Å². The zero-order chi connectivity index (χ0) is 22.1. The smallest absolute Gasteiger partial charge is 0.254 e. The number of carbonyl (C=O) groups is 1. The number of ether oxygens (including phenoxy) is 2. The number of hydrogen-bond donors (Lipinski definition) is 1. The van der Waals surface area contributed by atoms with E-state index < -0.39 is 0 Å². The van der Waals surface area contributed by atoms with E-state index in [2.05, 4.69) is 13.8 Å². The van der Waals surface area contributed by atoms with Gasteiger partial charge in [-0.1, -0.05) is 51.7 Å². The number of rotatable bonds is 13. The predicted octanol–water partition coefficient (Wildman–Crippen LogP) is 6.03. The van der Waals surface area contributed by atoms with E-state index in [1.165, 1.54) is 5.56 Å². The number of nitrogens with zero attached hydrogens (tertiary/aromatic N) is 1. The lowest BCUT2D eigenvalue weighted by Gasteiger charge is -2.17. The van der Waals surface area contributed by atoms with Crippen LogP contribution in [0.15, 0.2) is 36.4 Å². The number of benzene rings is 2. The molecular weight excluding hydrogens is 424 g/mol. The summed E-state index contributed by atoms with van der Waals surface area (Å²) in [7, 11) is 0. The van der Waals surface area contributed by atoms with Gasteiger partial charge in [0.1, 0.15) is 0 Å². The van der Waals surface area contributed by atoms with Crippen molar-refractivity contribution in [2.24, 2.45) is 0 Å². The van der Waals surface area contributed by atoms with Crippen molar-refractivity contribution >= 4 is 24.0 Å². The van der Waals surface area contributed by atoms with Crippen LogP contribution in [0.2, 0.25) is 0 Å². The van der Waals surface area contributed by atoms with Crippen molar-refractivity contribution in [2.75, 3.05) is 25.5 Å². The lowest BCUT2D eigenvalue weighted by Crippen LogP contribution is -2.26. The summed E-state index contributed by atoms with van der Waals surface area (Å²) in [4.78, 5) is 14.9. The Labute approximate surface area is 198 Å². The number of amides is 1. The Kier molecular flexibility index (Phi) is 10.7. The zero-order valence-corrected chi connectivity index (χ0v) is 20.2. The van der Waals surface area contributed by atoms with E-state index in [1.54, 1.807) is 0 Å². The molecule has 0 atom stereocenters. The Morgan fingerprint density at radius 2 is 1.56 bits per heavy atom. The molecule has 5 nitrogen and oxygen atoms in total. The first-order chi connectivity index (χ1) is 15.1. The van der Waals surface area contributed by atoms with Crippen LogP contribution < -0.4 is 15.2 Å². The van der Waals surface area contributed by atoms with Crippen LogP contribution in [0.3, 0.4) is 0 Å². The van der Waals surface area contributed by atoms with Crippen molar-refractivity contribution in [3.63, 3.8) is 0 Å². The summed E-state index contributed by atoms with van der Waals surface area (Å²) >= 11 is 0. The van der Waals surface area contributed by atoms with Gasteiger partial charge in [-0.05, 0) is 49.1 Å². The summed E-state index contributed by atoms with van der Waals surface area (Å²) in [5, 5.41) is 0. The van der Waals surface area contributed by atoms with E-state index in [0.29, 0.717) is 26.3 Å². The van der Waals surface area contributed by atoms with Gasteiger partial charge in [0, 0.05) is 23.4 Å². The van der Waals surface area contributed by atoms with Crippen molar-refractivity contribution in [3.05, 3.63) is 53.1 Å². The van der Waals surface area contributed by atoms with Gasteiger partial charge >= 0.3 is 0 Å². The predicted molar refractivity (Wildman–Crippen MR) is 133 cm³/mol. The normalized spacial score (nSPS) is 12.4. The topological polar surface area (TPSA) is 64.8 Å². The molecule has 0 saturated heterocycles. The van der Waals surface area contributed by atoms with Crippen LogP contribution in [0.25, 0.3) is 0 Å². The molecule has 0 aromatic heterocycles. The number of nitrogens with two attached hydrogens (primary N) is 1. The molecule has 2 aromatic carbocycles. The number of anilines is 1. The van der Waals surface area contributed by atoms with Gasteiger partial charge in [0.15, 0.2) is 11.5 Å². The zero-order valence-electron chi connectivity index (χ0n) is 19.4. The molecule has 0 spiro atoms. The third-order valence-corrected chi connectivity index (χ3v) is 5.74. The van der Waals surface area contributed by atoms with Gasteiger partial charge in [0.2, 0.25) is 0 Å². The minimum atomic E-state index is 0. The van der Waals surface area contributed by atoms with Crippen LogP contribution in [0, 0.1) is 0 Å². The highest BCUT2D eigenvalue weighted by atomic mass is 35.5. The van der Waals surface area contributed by atoms with Crippen molar-refractivity contribution in [2.45, 2.75) is 65.3 Å². The first-order valence-corrected chi connectivity index (χ1v) is 11.7. The maximum Gasteiger partial charge on any atom is 0.254 e. The van der Waals surface area contributed by atoms with Gasteiger partial charge in [0.25, 0.3) is 5.91 Å². The Balaban J connectivity index is 0.00000363. The van der Waals surface area contributed by atoms with E-state index in [-0.39, 0.29) is 18.3 Å². The fraction of sp³-hybridized carbons (Fsp3) is 0.500. The van der Waals surface area contributed by atoms with Crippen LogP contribution in [-0.4, -0.2) is 30.6 Å². The Hall–Kier alpha value is -2.40. The second-order valence-corrected chi connectivity index (χ2v) is 8.25. The Morgan fingerprint density at radius 3 is 2.22 bits per heavy atom. The third kappa shape index (κ3) is 6.80. The minimum absolute atomic E-state index is 0. The van der Waals surface area contributed by atoms with E-state index in [9.17, 15) is 4.79 Å². The van der Waals surface area contributed by atoms with Gasteiger partial charge in [-0.25, -0.2) is 0 Å². The number of nitrogen functional groups attached to an aromatic ring is 1. The van der Waals surface area contributed by atoms with Crippen LogP contribution in [0.1, 0.15) is 73.9 Å². The summed E-state index contributed by atoms with van der Waals surface area (Å²) in [6, 6.07) is 11.7. The van der Waals surface area contributed by atoms with Crippen molar-refractivity contribution in [3.8, 4) is 11.5 Å². The van der Waals surface area contributed by atoms with Crippen LogP contribution >= 0.6 is 12.4 Å². The summed E-state index contributed by atoms with van der Waals surface area (Å²) in [6.45, 7) is 6.92. The molecule has 1 aliphatic rings. The largest absolute Gasteiger partial charge is 0.490 e. The van der Waals surface area contributed by atoms with Gasteiger partial charge in [-0.15, -0.1) is 12.4 Å². The lowest BCUT2D eigenvalue weighted by atomic mass is 10.1. The quantitative estimate of drug-likeness (QED) is 0.293. The Bertz CT molecular complexity index is 855. The number of hydrogen-bond acceptors (Lipinski definition) is 4. The second-order valence-electron chi connectivity index (χ2n) is 8.25. The highest BCUT2D eigenvalue weighted by Crippen LogP contribution is 2.39. The lowest BCUT2D eigenvalue weighted by molar-refractivity contribution is 0.0780. The monoisotopic (exact) mass is 460 g/mol. The van der Waals surface area contributed by atoms with Gasteiger partial charge in [0.05, 0.1) is 19.8 Å². The molecule has 0 unspecified atom stereocenters. The fourth-order valence-corrected chi connectivity index (χ4v) is 3.86. The number of carbonyl (C=O) groups excluding carboxylic acids is 1. The molecule has 2 N–H and O–H groups in total. The second kappa shape index (κ2) is 13.2. The van der Waals surface area contributed by atoms with E-state index in [0.717, 1.165) is 73.3 Å². The molecule has 0 aliphatic carbocycles. The molecule has 1 aliphatic heterocycles. The molecule has 0 saturated carbocycles. The highest BCUT2D eigenvalue weighted by Gasteiger charge is 2.31. The first kappa shape index (κ1) is 25.9. The number of fused-ring (bicyclic) bond motifs is 1. The molecule has 0 bridgehead atoms. The van der Waals surface area contributed by atoms with Crippen molar-refractivity contribution in [1.29, 1.82) is 0 Å². The summed E-state index contributed by atoms with van der Waals surface area (Å²) < 4.78 is 12.3. The maximum absolute atomic E-state index is 13.0. The summed E-state index contributed by atoms with van der Waals surface area (Å²) in [5.41, 5.74) is 9.41. The number of unbranched alkanes of at least 4 members (excludes halogenated alkanes) is 4. The molecule has 1 amide bonds. The first-order valence-electron chi connectivity index (χ1n) is 11.7. The fourth-order valence-electron chi connectivity index (χ4n) is 3.86. The minimum Gasteiger partial charge on any atom is -0.490 e. The van der Waals surface area contributed by atoms with Gasteiger partial charge in [-0.3, -0.25) is 4.79 Å². The van der Waals surface area contributed by atoms with E-state index in [1.807, 2.05) is 41.3 Å². The van der Waals surface area contributed by atoms with Gasteiger partial charge < -0.3 is 20.1 Å². The molecule has 6 heteroatoms. The van der Waals surface area contributed by atoms with Crippen molar-refractivity contribution < 1.29 is 14.3 Å². The molecule has 0 radical (unpaired) electrons. The average molecular weight is 461 g/mol. The molecular formula is C26H37ClN2O3. The van der Waals surface area contributed by atoms with E-state index >= 15 is 0 Å². The van der Waals surface area contributed by atoms with Crippen LogP contribution in [-0.2, 0) is 13.0 Å². The van der Waals surface area contributed by atoms with Crippen molar-refractivity contribution in [1.82, 2.24) is 4.90 Å². The standard InChI is InChI=1S/C26H36N2O3.ClH/c1-3-5-7-17-30-24-14-13-22-23(25(24)31-18-8-6-4-2)19-28(26(22)29)16-15-20-9-11-21(27)12-10-20;/h9-14H,3-8,15-19,27H2,1-2H3;1H. The summed E-state index contributed by atoms with van der Waals surface area (Å²) in [6.07, 6.45) is 7.41. The molecule has 0 fully saturated rings. The molecule has 3 rings (SSSR count). The molecule has 32 heavy (non-hydrogen) atoms. The highest BCUT2D eigenvalue weighted by molar-refractivity contribution is 5.99. The SMILES string of the molecule is CCCCCOc1ccc2c(c1OCCCCC)CN(CCc1ccc(N)cc1)C2=O.Cl. The summed E-state index contributed by atoms with van der Waals surface area (Å²) in [5.74, 6) is 1.59. The molecule has 176 valence electrons. The number of halogens is 1. The molecule has 2 aromatic rings.